The van der Waals surface area contributed by atoms with Crippen LogP contribution in [0, 0.1) is 17.2 Å². The van der Waals surface area contributed by atoms with E-state index in [2.05, 4.69) is 6.92 Å². The Kier molecular flexibility index (Phi) is 8.60. The van der Waals surface area contributed by atoms with Crippen molar-refractivity contribution in [3.63, 3.8) is 0 Å². The van der Waals surface area contributed by atoms with E-state index in [0.717, 1.165) is 24.3 Å². The summed E-state index contributed by atoms with van der Waals surface area (Å²) in [5.41, 5.74) is 2.50. The third-order valence-electron chi connectivity index (χ3n) is 6.54. The Morgan fingerprint density at radius 1 is 0.968 bits per heavy atom. The predicted molar refractivity (Wildman–Crippen MR) is 120 cm³/mol. The summed E-state index contributed by atoms with van der Waals surface area (Å²) in [5.74, 6) is 1.33. The van der Waals surface area contributed by atoms with Gasteiger partial charge < -0.3 is 4.74 Å². The molecule has 0 heterocycles. The van der Waals surface area contributed by atoms with Crippen LogP contribution < -0.4 is 0 Å². The Morgan fingerprint density at radius 3 is 2.26 bits per heavy atom. The fourth-order valence-electron chi connectivity index (χ4n) is 4.54. The van der Waals surface area contributed by atoms with Crippen LogP contribution in [0.5, 0.6) is 0 Å². The largest absolute Gasteiger partial charge is 0.383 e. The van der Waals surface area contributed by atoms with Gasteiger partial charge in [0.1, 0.15) is 0 Å². The second-order valence-electron chi connectivity index (χ2n) is 8.76. The minimum absolute atomic E-state index is 0.0807. The molecule has 0 radical (unpaired) electrons. The average Bonchev–Trinajstić information content (AvgIpc) is 2.80. The lowest BCUT2D eigenvalue weighted by molar-refractivity contribution is -0.248. The normalized spacial score (nSPS) is 19.2. The average molecular weight is 426 g/mol. The maximum atomic E-state index is 14.5. The lowest BCUT2D eigenvalue weighted by Gasteiger charge is -2.29. The van der Waals surface area contributed by atoms with Crippen LogP contribution in [0.15, 0.2) is 48.5 Å². The molecule has 2 nitrogen and oxygen atoms in total. The van der Waals surface area contributed by atoms with Gasteiger partial charge in [0.15, 0.2) is 0 Å². The Morgan fingerprint density at radius 2 is 1.65 bits per heavy atom. The van der Waals surface area contributed by atoms with Gasteiger partial charge in [0.25, 0.3) is 0 Å². The zero-order valence-electron chi connectivity index (χ0n) is 18.5. The molecule has 0 spiro atoms. The second-order valence-corrected chi connectivity index (χ2v) is 8.76. The molecule has 0 bridgehead atoms. The van der Waals surface area contributed by atoms with E-state index in [9.17, 15) is 8.78 Å². The third kappa shape index (κ3) is 6.87. The molecule has 0 aliphatic heterocycles. The van der Waals surface area contributed by atoms with E-state index in [-0.39, 0.29) is 12.2 Å². The number of unbranched alkanes of at least 4 members (excludes halogenated alkanes) is 2. The maximum Gasteiger partial charge on any atom is 0.383 e. The Hall–Kier alpha value is -2.25. The van der Waals surface area contributed by atoms with Gasteiger partial charge in [-0.3, -0.25) is 0 Å². The van der Waals surface area contributed by atoms with Crippen LogP contribution in [0.4, 0.5) is 8.78 Å². The van der Waals surface area contributed by atoms with Gasteiger partial charge >= 0.3 is 6.11 Å². The Bertz CT molecular complexity index is 831. The molecule has 166 valence electrons. The Labute approximate surface area is 185 Å². The van der Waals surface area contributed by atoms with Crippen LogP contribution in [0.3, 0.4) is 0 Å². The molecule has 2 aromatic carbocycles. The molecule has 4 heteroatoms. The first kappa shape index (κ1) is 23.4. The van der Waals surface area contributed by atoms with E-state index in [0.29, 0.717) is 17.9 Å². The number of hydrogen-bond donors (Lipinski definition) is 0. The molecule has 0 amide bonds. The van der Waals surface area contributed by atoms with E-state index in [1.807, 2.05) is 18.2 Å². The van der Waals surface area contributed by atoms with Gasteiger partial charge in [-0.1, -0.05) is 69.0 Å². The van der Waals surface area contributed by atoms with E-state index >= 15 is 0 Å². The van der Waals surface area contributed by atoms with Gasteiger partial charge in [0, 0.05) is 0 Å². The van der Waals surface area contributed by atoms with Crippen LogP contribution in [0.25, 0.3) is 0 Å². The number of halogens is 2. The molecule has 3 rings (SSSR count). The molecule has 0 saturated heterocycles. The fraction of sp³-hybridized carbons (Fsp3) is 0.519. The second kappa shape index (κ2) is 11.4. The highest BCUT2D eigenvalue weighted by molar-refractivity contribution is 5.31. The van der Waals surface area contributed by atoms with Crippen molar-refractivity contribution in [1.29, 1.82) is 5.26 Å². The van der Waals surface area contributed by atoms with Crippen LogP contribution >= 0.6 is 0 Å². The summed E-state index contributed by atoms with van der Waals surface area (Å²) in [6.07, 6.45) is 7.17. The lowest BCUT2D eigenvalue weighted by atomic mass is 9.77. The van der Waals surface area contributed by atoms with Gasteiger partial charge in [-0.2, -0.15) is 14.0 Å². The number of alkyl halides is 2. The fourth-order valence-corrected chi connectivity index (χ4v) is 4.54. The standard InChI is InChI=1S/C27H33F2NO/c1-2-3-4-5-21-10-12-24(13-11-21)25-14-16-26(17-15-25)27(28,29)31-19-18-22-6-8-23(20-30)9-7-22/h6-9,14-17,21,24H,2-5,10-13,18-19H2,1H3/t21-,24-. The summed E-state index contributed by atoms with van der Waals surface area (Å²) in [6, 6.07) is 15.7. The number of rotatable bonds is 10. The van der Waals surface area contributed by atoms with E-state index in [1.54, 1.807) is 24.3 Å². The highest BCUT2D eigenvalue weighted by Gasteiger charge is 2.33. The van der Waals surface area contributed by atoms with Gasteiger partial charge in [0.05, 0.1) is 23.8 Å². The van der Waals surface area contributed by atoms with Crippen LogP contribution in [0.2, 0.25) is 0 Å². The molecule has 1 aliphatic carbocycles. The minimum atomic E-state index is -3.30. The van der Waals surface area contributed by atoms with Crippen molar-refractivity contribution in [2.75, 3.05) is 6.61 Å². The summed E-state index contributed by atoms with van der Waals surface area (Å²) < 4.78 is 33.9. The molecule has 0 aromatic heterocycles. The van der Waals surface area contributed by atoms with Crippen LogP contribution in [0.1, 0.15) is 86.5 Å². The summed E-state index contributed by atoms with van der Waals surface area (Å²) in [4.78, 5) is 0. The maximum absolute atomic E-state index is 14.5. The van der Waals surface area contributed by atoms with Crippen molar-refractivity contribution in [1.82, 2.24) is 0 Å². The van der Waals surface area contributed by atoms with Gasteiger partial charge in [-0.25, -0.2) is 0 Å². The first-order chi connectivity index (χ1) is 15.0. The quantitative estimate of drug-likeness (QED) is 0.365. The topological polar surface area (TPSA) is 33.0 Å². The van der Waals surface area contributed by atoms with Crippen molar-refractivity contribution in [3.8, 4) is 6.07 Å². The van der Waals surface area contributed by atoms with Crippen molar-refractivity contribution in [2.45, 2.75) is 76.7 Å². The summed E-state index contributed by atoms with van der Waals surface area (Å²) in [7, 11) is 0. The van der Waals surface area contributed by atoms with Crippen molar-refractivity contribution < 1.29 is 13.5 Å². The molecule has 2 aromatic rings. The number of nitrogens with zero attached hydrogens (tertiary/aromatic N) is 1. The molecule has 0 N–H and O–H groups in total. The van der Waals surface area contributed by atoms with Crippen LogP contribution in [-0.2, 0) is 17.3 Å². The van der Waals surface area contributed by atoms with Crippen molar-refractivity contribution >= 4 is 0 Å². The van der Waals surface area contributed by atoms with E-state index < -0.39 is 6.11 Å². The number of ether oxygens (including phenoxy) is 1. The Balaban J connectivity index is 1.47. The van der Waals surface area contributed by atoms with E-state index in [4.69, 9.17) is 10.00 Å². The van der Waals surface area contributed by atoms with E-state index in [1.165, 1.54) is 56.2 Å². The lowest BCUT2D eigenvalue weighted by Crippen LogP contribution is -2.20. The minimum Gasteiger partial charge on any atom is -0.316 e. The van der Waals surface area contributed by atoms with Crippen molar-refractivity contribution in [3.05, 3.63) is 70.8 Å². The molecule has 0 atom stereocenters. The number of hydrogen-bond acceptors (Lipinski definition) is 2. The molecular formula is C27H33F2NO. The number of nitriles is 1. The summed E-state index contributed by atoms with van der Waals surface area (Å²) in [6.45, 7) is 2.16. The van der Waals surface area contributed by atoms with Gasteiger partial charge in [0.2, 0.25) is 0 Å². The highest BCUT2D eigenvalue weighted by atomic mass is 19.3. The van der Waals surface area contributed by atoms with Crippen molar-refractivity contribution in [2.24, 2.45) is 5.92 Å². The first-order valence-corrected chi connectivity index (χ1v) is 11.6. The zero-order valence-corrected chi connectivity index (χ0v) is 18.5. The third-order valence-corrected chi connectivity index (χ3v) is 6.54. The zero-order chi connectivity index (χ0) is 22.1. The first-order valence-electron chi connectivity index (χ1n) is 11.6. The molecule has 31 heavy (non-hydrogen) atoms. The monoisotopic (exact) mass is 425 g/mol. The molecule has 1 saturated carbocycles. The molecular weight excluding hydrogens is 392 g/mol. The SMILES string of the molecule is CCCCC[C@H]1CC[C@H](c2ccc(C(F)(F)OCCc3ccc(C#N)cc3)cc2)CC1. The summed E-state index contributed by atoms with van der Waals surface area (Å²) in [5, 5.41) is 8.82. The number of benzene rings is 2. The molecule has 0 unspecified atom stereocenters. The smallest absolute Gasteiger partial charge is 0.316 e. The molecule has 1 fully saturated rings. The predicted octanol–water partition coefficient (Wildman–Crippen LogP) is 7.72. The van der Waals surface area contributed by atoms with Gasteiger partial charge in [-0.05, 0) is 67.2 Å². The van der Waals surface area contributed by atoms with Gasteiger partial charge in [-0.15, -0.1) is 0 Å². The molecule has 1 aliphatic rings. The summed E-state index contributed by atoms with van der Waals surface area (Å²) >= 11 is 0. The van der Waals surface area contributed by atoms with Crippen LogP contribution in [-0.4, -0.2) is 6.61 Å². The highest BCUT2D eigenvalue weighted by Crippen LogP contribution is 2.38.